The number of fused-ring (bicyclic) bond motifs is 1. The molecule has 0 spiro atoms. The van der Waals surface area contributed by atoms with Crippen LogP contribution in [0.4, 0.5) is 4.39 Å². The van der Waals surface area contributed by atoms with Crippen molar-refractivity contribution in [3.8, 4) is 11.5 Å². The van der Waals surface area contributed by atoms with E-state index in [9.17, 15) is 4.39 Å². The Labute approximate surface area is 165 Å². The maximum Gasteiger partial charge on any atom is 0.255 e. The third-order valence-electron chi connectivity index (χ3n) is 3.86. The SMILES string of the molecule is COC(N)COc1ccc(COc2cccc3c(Cl)c(Cl)ccc23)nc1F. The smallest absolute Gasteiger partial charge is 0.255 e. The van der Waals surface area contributed by atoms with Gasteiger partial charge in [-0.3, -0.25) is 0 Å². The van der Waals surface area contributed by atoms with Crippen molar-refractivity contribution in [2.45, 2.75) is 12.8 Å². The zero-order valence-electron chi connectivity index (χ0n) is 14.4. The fraction of sp³-hybridized carbons (Fsp3) is 0.211. The zero-order valence-corrected chi connectivity index (χ0v) is 15.9. The summed E-state index contributed by atoms with van der Waals surface area (Å²) < 4.78 is 30.0. The molecule has 3 rings (SSSR count). The van der Waals surface area contributed by atoms with Gasteiger partial charge in [0.2, 0.25) is 0 Å². The second-order valence-electron chi connectivity index (χ2n) is 5.68. The highest BCUT2D eigenvalue weighted by atomic mass is 35.5. The number of nitrogens with two attached hydrogens (primary N) is 1. The molecule has 3 aromatic rings. The molecule has 142 valence electrons. The second kappa shape index (κ2) is 8.71. The largest absolute Gasteiger partial charge is 0.487 e. The molecule has 2 N–H and O–H groups in total. The highest BCUT2D eigenvalue weighted by Gasteiger charge is 2.11. The van der Waals surface area contributed by atoms with Crippen LogP contribution in [0.15, 0.2) is 42.5 Å². The number of nitrogens with zero attached hydrogens (tertiary/aromatic N) is 1. The van der Waals surface area contributed by atoms with E-state index < -0.39 is 12.2 Å². The van der Waals surface area contributed by atoms with Crippen LogP contribution in [0, 0.1) is 5.95 Å². The summed E-state index contributed by atoms with van der Waals surface area (Å²) in [5, 5.41) is 2.51. The molecule has 0 amide bonds. The number of halogens is 3. The number of methoxy groups -OCH3 is 1. The van der Waals surface area contributed by atoms with Gasteiger partial charge < -0.3 is 19.9 Å². The molecule has 0 aliphatic heterocycles. The number of benzene rings is 2. The molecule has 0 radical (unpaired) electrons. The number of pyridine rings is 1. The average molecular weight is 411 g/mol. The minimum atomic E-state index is -0.743. The fourth-order valence-corrected chi connectivity index (χ4v) is 2.82. The van der Waals surface area contributed by atoms with Crippen LogP contribution in [-0.2, 0) is 11.3 Å². The highest BCUT2D eigenvalue weighted by molar-refractivity contribution is 6.45. The van der Waals surface area contributed by atoms with Gasteiger partial charge in [-0.1, -0.05) is 35.3 Å². The van der Waals surface area contributed by atoms with Crippen LogP contribution < -0.4 is 15.2 Å². The lowest BCUT2D eigenvalue weighted by Gasteiger charge is -2.13. The monoisotopic (exact) mass is 410 g/mol. The van der Waals surface area contributed by atoms with E-state index in [1.54, 1.807) is 18.2 Å². The Morgan fingerprint density at radius 1 is 1.04 bits per heavy atom. The lowest BCUT2D eigenvalue weighted by atomic mass is 10.1. The van der Waals surface area contributed by atoms with Crippen LogP contribution >= 0.6 is 23.2 Å². The zero-order chi connectivity index (χ0) is 19.4. The van der Waals surface area contributed by atoms with Crippen LogP contribution in [-0.4, -0.2) is 24.9 Å². The molecule has 8 heteroatoms. The van der Waals surface area contributed by atoms with Crippen molar-refractivity contribution in [1.29, 1.82) is 0 Å². The van der Waals surface area contributed by atoms with Crippen molar-refractivity contribution in [3.05, 3.63) is 64.2 Å². The summed E-state index contributed by atoms with van der Waals surface area (Å²) in [5.74, 6) is -0.148. The highest BCUT2D eigenvalue weighted by Crippen LogP contribution is 2.35. The third kappa shape index (κ3) is 4.59. The van der Waals surface area contributed by atoms with Gasteiger partial charge in [0.05, 0.1) is 15.7 Å². The van der Waals surface area contributed by atoms with E-state index in [2.05, 4.69) is 4.98 Å². The first-order chi connectivity index (χ1) is 13.0. The Morgan fingerprint density at radius 2 is 1.85 bits per heavy atom. The standard InChI is InChI=1S/C19H17Cl2FN2O3/c1-25-17(23)10-27-16-8-5-11(24-19(16)22)9-26-15-4-2-3-13-12(15)6-7-14(20)18(13)21/h2-8,17H,9-10,23H2,1H3. The minimum Gasteiger partial charge on any atom is -0.487 e. The van der Waals surface area contributed by atoms with Crippen molar-refractivity contribution < 1.29 is 18.6 Å². The topological polar surface area (TPSA) is 66.6 Å². The molecule has 2 aromatic carbocycles. The number of rotatable bonds is 7. The van der Waals surface area contributed by atoms with E-state index in [1.807, 2.05) is 18.2 Å². The van der Waals surface area contributed by atoms with Gasteiger partial charge in [0.25, 0.3) is 5.95 Å². The summed E-state index contributed by atoms with van der Waals surface area (Å²) in [5.41, 5.74) is 5.96. The summed E-state index contributed by atoms with van der Waals surface area (Å²) >= 11 is 12.3. The molecule has 0 aliphatic carbocycles. The van der Waals surface area contributed by atoms with E-state index in [4.69, 9.17) is 43.1 Å². The van der Waals surface area contributed by atoms with Gasteiger partial charge in [0, 0.05) is 17.9 Å². The second-order valence-corrected chi connectivity index (χ2v) is 6.46. The Bertz CT molecular complexity index is 956. The summed E-state index contributed by atoms with van der Waals surface area (Å²) in [7, 11) is 1.44. The molecule has 1 aromatic heterocycles. The predicted octanol–water partition coefficient (Wildman–Crippen LogP) is 4.57. The number of hydrogen-bond acceptors (Lipinski definition) is 5. The number of hydrogen-bond donors (Lipinski definition) is 1. The molecule has 0 saturated heterocycles. The average Bonchev–Trinajstić information content (AvgIpc) is 2.68. The Balaban J connectivity index is 1.73. The Kier molecular flexibility index (Phi) is 6.34. The van der Waals surface area contributed by atoms with E-state index in [1.165, 1.54) is 13.2 Å². The molecule has 1 atom stereocenters. The third-order valence-corrected chi connectivity index (χ3v) is 4.68. The van der Waals surface area contributed by atoms with Gasteiger partial charge >= 0.3 is 0 Å². The lowest BCUT2D eigenvalue weighted by molar-refractivity contribution is 0.0612. The molecule has 1 heterocycles. The number of ether oxygens (including phenoxy) is 3. The maximum atomic E-state index is 14.1. The van der Waals surface area contributed by atoms with E-state index in [0.29, 0.717) is 21.5 Å². The summed E-state index contributed by atoms with van der Waals surface area (Å²) in [6.07, 6.45) is -0.640. The Hall–Kier alpha value is -2.12. The van der Waals surface area contributed by atoms with Crippen molar-refractivity contribution in [1.82, 2.24) is 4.98 Å². The van der Waals surface area contributed by atoms with Crippen molar-refractivity contribution in [3.63, 3.8) is 0 Å². The van der Waals surface area contributed by atoms with Crippen molar-refractivity contribution in [2.24, 2.45) is 5.73 Å². The van der Waals surface area contributed by atoms with Gasteiger partial charge in [-0.05, 0) is 30.3 Å². The van der Waals surface area contributed by atoms with Crippen LogP contribution in [0.5, 0.6) is 11.5 Å². The normalized spacial score (nSPS) is 12.2. The molecular formula is C19H17Cl2FN2O3. The van der Waals surface area contributed by atoms with E-state index >= 15 is 0 Å². The van der Waals surface area contributed by atoms with Gasteiger partial charge in [-0.2, -0.15) is 4.39 Å². The van der Waals surface area contributed by atoms with Crippen molar-refractivity contribution >= 4 is 34.0 Å². The van der Waals surface area contributed by atoms with Crippen molar-refractivity contribution in [2.75, 3.05) is 13.7 Å². The molecule has 1 unspecified atom stereocenters. The molecule has 27 heavy (non-hydrogen) atoms. The molecule has 0 fully saturated rings. The van der Waals surface area contributed by atoms with Gasteiger partial charge in [-0.25, -0.2) is 4.98 Å². The minimum absolute atomic E-state index is 0.00201. The molecule has 0 saturated carbocycles. The summed E-state index contributed by atoms with van der Waals surface area (Å²) in [6.45, 7) is 0.0956. The summed E-state index contributed by atoms with van der Waals surface area (Å²) in [6, 6.07) is 12.1. The maximum absolute atomic E-state index is 14.1. The predicted molar refractivity (Wildman–Crippen MR) is 103 cm³/mol. The fourth-order valence-electron chi connectivity index (χ4n) is 2.43. The molecule has 5 nitrogen and oxygen atoms in total. The van der Waals surface area contributed by atoms with Gasteiger partial charge in [0.1, 0.15) is 25.2 Å². The Morgan fingerprint density at radius 3 is 2.59 bits per heavy atom. The van der Waals surface area contributed by atoms with Crippen LogP contribution in [0.3, 0.4) is 0 Å². The first kappa shape index (κ1) is 19.6. The first-order valence-electron chi connectivity index (χ1n) is 8.05. The quantitative estimate of drug-likeness (QED) is 0.456. The van der Waals surface area contributed by atoms with Crippen LogP contribution in [0.2, 0.25) is 10.0 Å². The molecule has 0 aliphatic rings. The van der Waals surface area contributed by atoms with Gasteiger partial charge in [0.15, 0.2) is 5.75 Å². The summed E-state index contributed by atoms with van der Waals surface area (Å²) in [4.78, 5) is 3.86. The molecule has 0 bridgehead atoms. The van der Waals surface area contributed by atoms with E-state index in [0.717, 1.165) is 10.8 Å². The van der Waals surface area contributed by atoms with Crippen LogP contribution in [0.1, 0.15) is 5.69 Å². The van der Waals surface area contributed by atoms with E-state index in [-0.39, 0.29) is 19.0 Å². The molecular weight excluding hydrogens is 394 g/mol. The van der Waals surface area contributed by atoms with Crippen LogP contribution in [0.25, 0.3) is 10.8 Å². The number of aromatic nitrogens is 1. The lowest BCUT2D eigenvalue weighted by Crippen LogP contribution is -2.29. The van der Waals surface area contributed by atoms with Gasteiger partial charge in [-0.15, -0.1) is 0 Å². The first-order valence-corrected chi connectivity index (χ1v) is 8.81.